The average Bonchev–Trinajstić information content (AvgIpc) is 3.13. The van der Waals surface area contributed by atoms with Gasteiger partial charge in [0.2, 0.25) is 0 Å². The molecule has 7 nitrogen and oxygen atoms in total. The van der Waals surface area contributed by atoms with Crippen LogP contribution in [0.5, 0.6) is 0 Å². The van der Waals surface area contributed by atoms with Crippen LogP contribution in [0, 0.1) is 11.8 Å². The van der Waals surface area contributed by atoms with E-state index < -0.39 is 17.7 Å². The highest BCUT2D eigenvalue weighted by atomic mass is 16.6. The maximum atomic E-state index is 13.6. The first kappa shape index (κ1) is 20.4. The van der Waals surface area contributed by atoms with Gasteiger partial charge in [-0.15, -0.1) is 0 Å². The summed E-state index contributed by atoms with van der Waals surface area (Å²) >= 11 is 0. The van der Waals surface area contributed by atoms with Gasteiger partial charge in [0.25, 0.3) is 5.56 Å². The molecule has 7 heteroatoms. The molecule has 3 aromatic rings. The molecule has 0 saturated carbocycles. The molecule has 0 radical (unpaired) electrons. The van der Waals surface area contributed by atoms with E-state index in [-0.39, 0.29) is 23.1 Å². The number of hydrogen-bond donors (Lipinski definition) is 1. The van der Waals surface area contributed by atoms with E-state index in [1.165, 1.54) is 0 Å². The molecule has 4 heterocycles. The number of pyridine rings is 2. The van der Waals surface area contributed by atoms with Crippen LogP contribution < -0.4 is 5.56 Å². The van der Waals surface area contributed by atoms with Crippen LogP contribution in [0.2, 0.25) is 0 Å². The number of fused-ring (bicyclic) bond motifs is 5. The molecule has 0 aliphatic carbocycles. The Kier molecular flexibility index (Phi) is 4.66. The Hall–Kier alpha value is -3.47. The Morgan fingerprint density at radius 2 is 2.06 bits per heavy atom. The summed E-state index contributed by atoms with van der Waals surface area (Å²) in [7, 11) is 3.75. The van der Waals surface area contributed by atoms with Crippen molar-refractivity contribution in [1.82, 2.24) is 14.5 Å². The fraction of sp³-hybridized carbons (Fsp3) is 0.320. The van der Waals surface area contributed by atoms with Gasteiger partial charge in [0.1, 0.15) is 0 Å². The fourth-order valence-corrected chi connectivity index (χ4v) is 4.39. The summed E-state index contributed by atoms with van der Waals surface area (Å²) in [5.74, 6) is 5.07. The number of cyclic esters (lactones) is 1. The molecule has 2 aliphatic rings. The van der Waals surface area contributed by atoms with Crippen molar-refractivity contribution in [2.24, 2.45) is 0 Å². The maximum absolute atomic E-state index is 13.6. The first-order valence-electron chi connectivity index (χ1n) is 10.6. The SMILES string of the molecule is CC[C@@]1(O)C(=O)OC(C#CCN(C)C)c2c1cc1n(c2=O)Cc2cc3ccccc3nc2-1. The standard InChI is InChI=1S/C25H23N3O4/c1-4-25(31)17-13-19-22-16(12-15-8-5-6-9-18(15)26-22)14-28(19)23(29)21(17)20(32-24(25)30)10-7-11-27(2)3/h5-6,8-9,12-13,20,31H,4,11,14H2,1-3H3/t20?,25-/m0/s1. The lowest BCUT2D eigenvalue weighted by Gasteiger charge is -2.34. The number of hydrogen-bond acceptors (Lipinski definition) is 6. The van der Waals surface area contributed by atoms with Crippen molar-refractivity contribution >= 4 is 16.9 Å². The van der Waals surface area contributed by atoms with E-state index in [2.05, 4.69) is 11.8 Å². The second-order valence-corrected chi connectivity index (χ2v) is 8.50. The lowest BCUT2D eigenvalue weighted by molar-refractivity contribution is -0.174. The number of rotatable bonds is 2. The van der Waals surface area contributed by atoms with Gasteiger partial charge in [-0.05, 0) is 38.7 Å². The topological polar surface area (TPSA) is 84.7 Å². The highest BCUT2D eigenvalue weighted by Crippen LogP contribution is 2.41. The van der Waals surface area contributed by atoms with Crippen molar-refractivity contribution in [3.8, 4) is 23.2 Å². The van der Waals surface area contributed by atoms with Gasteiger partial charge in [-0.25, -0.2) is 9.78 Å². The van der Waals surface area contributed by atoms with Gasteiger partial charge in [-0.2, -0.15) is 0 Å². The van der Waals surface area contributed by atoms with Crippen molar-refractivity contribution < 1.29 is 14.6 Å². The fourth-order valence-electron chi connectivity index (χ4n) is 4.39. The molecule has 162 valence electrons. The number of nitrogens with zero attached hydrogens (tertiary/aromatic N) is 3. The number of aromatic nitrogens is 2. The number of aliphatic hydroxyl groups is 1. The molecule has 2 aromatic heterocycles. The zero-order valence-corrected chi connectivity index (χ0v) is 18.2. The number of esters is 1. The van der Waals surface area contributed by atoms with E-state index in [0.717, 1.165) is 16.5 Å². The summed E-state index contributed by atoms with van der Waals surface area (Å²) in [5, 5.41) is 12.2. The third-order valence-corrected chi connectivity index (χ3v) is 6.12. The lowest BCUT2D eigenvalue weighted by atomic mass is 9.83. The van der Waals surface area contributed by atoms with E-state index in [0.29, 0.717) is 24.5 Å². The van der Waals surface area contributed by atoms with E-state index in [1.54, 1.807) is 17.6 Å². The second kappa shape index (κ2) is 7.30. The number of benzene rings is 1. The highest BCUT2D eigenvalue weighted by molar-refractivity contribution is 5.86. The summed E-state index contributed by atoms with van der Waals surface area (Å²) in [6, 6.07) is 11.5. The van der Waals surface area contributed by atoms with Crippen LogP contribution >= 0.6 is 0 Å². The number of para-hydroxylation sites is 1. The number of carbonyl (C=O) groups is 1. The van der Waals surface area contributed by atoms with E-state index in [4.69, 9.17) is 9.72 Å². The molecular formula is C25H23N3O4. The minimum Gasteiger partial charge on any atom is -0.442 e. The van der Waals surface area contributed by atoms with E-state index in [1.807, 2.05) is 49.3 Å². The van der Waals surface area contributed by atoms with Crippen molar-refractivity contribution in [3.05, 3.63) is 63.4 Å². The Bertz CT molecular complexity index is 1400. The van der Waals surface area contributed by atoms with Crippen LogP contribution in [-0.2, 0) is 21.7 Å². The van der Waals surface area contributed by atoms with Gasteiger partial charge < -0.3 is 14.4 Å². The Morgan fingerprint density at radius 3 is 2.81 bits per heavy atom. The average molecular weight is 429 g/mol. The first-order valence-corrected chi connectivity index (χ1v) is 10.6. The zero-order valence-electron chi connectivity index (χ0n) is 18.2. The van der Waals surface area contributed by atoms with Gasteiger partial charge >= 0.3 is 5.97 Å². The smallest absolute Gasteiger partial charge is 0.344 e. The third-order valence-electron chi connectivity index (χ3n) is 6.12. The largest absolute Gasteiger partial charge is 0.442 e. The predicted molar refractivity (Wildman–Crippen MR) is 120 cm³/mol. The Labute approximate surface area is 185 Å². The molecule has 5 rings (SSSR count). The van der Waals surface area contributed by atoms with Crippen molar-refractivity contribution in [2.45, 2.75) is 31.6 Å². The van der Waals surface area contributed by atoms with Gasteiger partial charge in [-0.1, -0.05) is 37.0 Å². The molecular weight excluding hydrogens is 406 g/mol. The van der Waals surface area contributed by atoms with Gasteiger partial charge in [-0.3, -0.25) is 9.69 Å². The predicted octanol–water partition coefficient (Wildman–Crippen LogP) is 2.19. The second-order valence-electron chi connectivity index (χ2n) is 8.50. The molecule has 0 bridgehead atoms. The van der Waals surface area contributed by atoms with Crippen LogP contribution in [0.25, 0.3) is 22.3 Å². The summed E-state index contributed by atoms with van der Waals surface area (Å²) < 4.78 is 7.10. The Balaban J connectivity index is 1.74. The maximum Gasteiger partial charge on any atom is 0.344 e. The van der Waals surface area contributed by atoms with Crippen LogP contribution in [0.4, 0.5) is 0 Å². The summed E-state index contributed by atoms with van der Waals surface area (Å²) in [4.78, 5) is 33.1. The zero-order chi connectivity index (χ0) is 22.6. The van der Waals surface area contributed by atoms with E-state index in [9.17, 15) is 14.7 Å². The highest BCUT2D eigenvalue weighted by Gasteiger charge is 2.48. The molecule has 1 aromatic carbocycles. The van der Waals surface area contributed by atoms with Crippen molar-refractivity contribution in [3.63, 3.8) is 0 Å². The quantitative estimate of drug-likeness (QED) is 0.388. The Morgan fingerprint density at radius 1 is 1.28 bits per heavy atom. The molecule has 1 unspecified atom stereocenters. The lowest BCUT2D eigenvalue weighted by Crippen LogP contribution is -2.46. The summed E-state index contributed by atoms with van der Waals surface area (Å²) in [6.45, 7) is 2.51. The van der Waals surface area contributed by atoms with Gasteiger partial charge in [0, 0.05) is 16.5 Å². The number of carbonyl (C=O) groups excluding carboxylic acids is 1. The molecule has 0 spiro atoms. The normalized spacial score (nSPS) is 20.9. The van der Waals surface area contributed by atoms with Gasteiger partial charge in [0.05, 0.1) is 35.6 Å². The molecule has 1 N–H and O–H groups in total. The van der Waals surface area contributed by atoms with Crippen LogP contribution in [-0.4, -0.2) is 46.2 Å². The molecule has 2 aliphatic heterocycles. The van der Waals surface area contributed by atoms with Crippen LogP contribution in [0.1, 0.15) is 36.1 Å². The van der Waals surface area contributed by atoms with Crippen molar-refractivity contribution in [2.75, 3.05) is 20.6 Å². The summed E-state index contributed by atoms with van der Waals surface area (Å²) in [6.07, 6.45) is -0.942. The monoisotopic (exact) mass is 429 g/mol. The van der Waals surface area contributed by atoms with Crippen LogP contribution in [0.3, 0.4) is 0 Å². The van der Waals surface area contributed by atoms with Crippen molar-refractivity contribution in [1.29, 1.82) is 0 Å². The molecule has 0 fully saturated rings. The third kappa shape index (κ3) is 2.95. The number of ether oxygens (including phenoxy) is 1. The minimum atomic E-state index is -1.90. The van der Waals surface area contributed by atoms with E-state index >= 15 is 0 Å². The molecule has 0 amide bonds. The van der Waals surface area contributed by atoms with Gasteiger partial charge in [0.15, 0.2) is 11.7 Å². The minimum absolute atomic E-state index is 0.0809. The summed E-state index contributed by atoms with van der Waals surface area (Å²) in [5.41, 5.74) is 1.30. The van der Waals surface area contributed by atoms with Crippen LogP contribution in [0.15, 0.2) is 41.2 Å². The molecule has 2 atom stereocenters. The molecule has 32 heavy (non-hydrogen) atoms. The molecule has 0 saturated heterocycles. The first-order chi connectivity index (χ1) is 15.3.